The first-order valence-corrected chi connectivity index (χ1v) is 6.15. The van der Waals surface area contributed by atoms with Gasteiger partial charge in [0.1, 0.15) is 5.69 Å². The quantitative estimate of drug-likeness (QED) is 0.876. The predicted octanol–water partition coefficient (Wildman–Crippen LogP) is 2.45. The first-order chi connectivity index (χ1) is 8.72. The summed E-state index contributed by atoms with van der Waals surface area (Å²) in [6, 6.07) is 9.63. The topological polar surface area (TPSA) is 60.9 Å². The molecule has 4 nitrogen and oxygen atoms in total. The van der Waals surface area contributed by atoms with Gasteiger partial charge in [-0.15, -0.1) is 0 Å². The van der Waals surface area contributed by atoms with Gasteiger partial charge in [0.2, 0.25) is 0 Å². The van der Waals surface area contributed by atoms with Crippen LogP contribution in [0.4, 0.5) is 0 Å². The molecule has 0 saturated carbocycles. The summed E-state index contributed by atoms with van der Waals surface area (Å²) in [6.45, 7) is 2.93. The average Bonchev–Trinajstić information content (AvgIpc) is 2.82. The van der Waals surface area contributed by atoms with Gasteiger partial charge in [0.15, 0.2) is 0 Å². The summed E-state index contributed by atoms with van der Waals surface area (Å²) >= 11 is 0. The Morgan fingerprint density at radius 3 is 2.67 bits per heavy atom. The summed E-state index contributed by atoms with van der Waals surface area (Å²) in [5, 5.41) is 4.46. The summed E-state index contributed by atoms with van der Waals surface area (Å²) < 4.78 is 1.80. The fourth-order valence-electron chi connectivity index (χ4n) is 1.85. The van der Waals surface area contributed by atoms with Crippen molar-refractivity contribution >= 4 is 5.91 Å². The largest absolute Gasteiger partial charge is 0.365 e. The lowest BCUT2D eigenvalue weighted by atomic mass is 10.1. The van der Waals surface area contributed by atoms with Crippen LogP contribution in [0.3, 0.4) is 0 Å². The average molecular weight is 243 g/mol. The van der Waals surface area contributed by atoms with E-state index in [1.165, 1.54) is 0 Å². The van der Waals surface area contributed by atoms with E-state index >= 15 is 0 Å². The Morgan fingerprint density at radius 2 is 2.06 bits per heavy atom. The van der Waals surface area contributed by atoms with Crippen molar-refractivity contribution in [1.82, 2.24) is 9.78 Å². The molecule has 1 aromatic carbocycles. The number of unbranched alkanes of at least 4 members (excludes halogenated alkanes) is 1. The van der Waals surface area contributed by atoms with Crippen LogP contribution in [0, 0.1) is 0 Å². The molecular weight excluding hydrogens is 226 g/mol. The van der Waals surface area contributed by atoms with E-state index in [1.54, 1.807) is 10.9 Å². The molecule has 4 heteroatoms. The Labute approximate surface area is 106 Å². The SMILES string of the molecule is CCCCn1cc(C(N)=O)c(-c2ccccc2)n1. The smallest absolute Gasteiger partial charge is 0.252 e. The maximum absolute atomic E-state index is 11.5. The molecule has 1 heterocycles. The highest BCUT2D eigenvalue weighted by molar-refractivity contribution is 5.98. The molecule has 0 radical (unpaired) electrons. The van der Waals surface area contributed by atoms with Crippen molar-refractivity contribution in [2.45, 2.75) is 26.3 Å². The Kier molecular flexibility index (Phi) is 3.77. The van der Waals surface area contributed by atoms with Crippen LogP contribution in [0.5, 0.6) is 0 Å². The van der Waals surface area contributed by atoms with E-state index in [4.69, 9.17) is 5.73 Å². The monoisotopic (exact) mass is 243 g/mol. The number of carbonyl (C=O) groups excluding carboxylic acids is 1. The van der Waals surface area contributed by atoms with Gasteiger partial charge in [-0.3, -0.25) is 9.48 Å². The number of amides is 1. The van der Waals surface area contributed by atoms with Crippen molar-refractivity contribution in [2.24, 2.45) is 5.73 Å². The van der Waals surface area contributed by atoms with E-state index in [0.29, 0.717) is 11.3 Å². The molecule has 1 aromatic heterocycles. The molecule has 0 aliphatic carbocycles. The molecule has 1 amide bonds. The third-order valence-corrected chi connectivity index (χ3v) is 2.82. The van der Waals surface area contributed by atoms with Crippen molar-refractivity contribution in [1.29, 1.82) is 0 Å². The molecule has 0 bridgehead atoms. The third-order valence-electron chi connectivity index (χ3n) is 2.82. The molecule has 0 saturated heterocycles. The lowest BCUT2D eigenvalue weighted by Gasteiger charge is -1.99. The van der Waals surface area contributed by atoms with Crippen LogP contribution in [-0.2, 0) is 6.54 Å². The van der Waals surface area contributed by atoms with Gasteiger partial charge in [-0.05, 0) is 6.42 Å². The predicted molar refractivity (Wildman–Crippen MR) is 71.1 cm³/mol. The van der Waals surface area contributed by atoms with E-state index in [1.807, 2.05) is 30.3 Å². The van der Waals surface area contributed by atoms with E-state index in [2.05, 4.69) is 12.0 Å². The van der Waals surface area contributed by atoms with Gasteiger partial charge in [-0.1, -0.05) is 43.7 Å². The Morgan fingerprint density at radius 1 is 1.33 bits per heavy atom. The molecule has 2 rings (SSSR count). The molecule has 0 atom stereocenters. The minimum atomic E-state index is -0.434. The van der Waals surface area contributed by atoms with Gasteiger partial charge in [-0.2, -0.15) is 5.10 Å². The molecule has 0 spiro atoms. The maximum Gasteiger partial charge on any atom is 0.252 e. The second-order valence-electron chi connectivity index (χ2n) is 4.24. The second-order valence-corrected chi connectivity index (χ2v) is 4.24. The van der Waals surface area contributed by atoms with Gasteiger partial charge >= 0.3 is 0 Å². The minimum Gasteiger partial charge on any atom is -0.365 e. The molecule has 2 N–H and O–H groups in total. The molecule has 94 valence electrons. The summed E-state index contributed by atoms with van der Waals surface area (Å²) in [7, 11) is 0. The Hall–Kier alpha value is -2.10. The molecule has 0 aliphatic heterocycles. The van der Waals surface area contributed by atoms with Crippen LogP contribution in [0.1, 0.15) is 30.1 Å². The number of aryl methyl sites for hydroxylation is 1. The van der Waals surface area contributed by atoms with Crippen molar-refractivity contribution in [2.75, 3.05) is 0 Å². The van der Waals surface area contributed by atoms with Gasteiger partial charge in [0.25, 0.3) is 5.91 Å². The zero-order chi connectivity index (χ0) is 13.0. The number of hydrogen-bond donors (Lipinski definition) is 1. The number of primary amides is 1. The van der Waals surface area contributed by atoms with E-state index in [-0.39, 0.29) is 0 Å². The van der Waals surface area contributed by atoms with Gasteiger partial charge in [0, 0.05) is 18.3 Å². The normalized spacial score (nSPS) is 10.5. The maximum atomic E-state index is 11.5. The number of benzene rings is 1. The van der Waals surface area contributed by atoms with Crippen molar-refractivity contribution < 1.29 is 4.79 Å². The number of nitrogens with zero attached hydrogens (tertiary/aromatic N) is 2. The van der Waals surface area contributed by atoms with Crippen LogP contribution >= 0.6 is 0 Å². The van der Waals surface area contributed by atoms with Crippen LogP contribution in [0.25, 0.3) is 11.3 Å². The highest BCUT2D eigenvalue weighted by Gasteiger charge is 2.14. The molecule has 18 heavy (non-hydrogen) atoms. The Balaban J connectivity index is 2.39. The number of nitrogens with two attached hydrogens (primary N) is 1. The molecular formula is C14H17N3O. The highest BCUT2D eigenvalue weighted by Crippen LogP contribution is 2.21. The minimum absolute atomic E-state index is 0.434. The summed E-state index contributed by atoms with van der Waals surface area (Å²) in [5.41, 5.74) is 7.47. The summed E-state index contributed by atoms with van der Waals surface area (Å²) in [4.78, 5) is 11.5. The zero-order valence-corrected chi connectivity index (χ0v) is 10.5. The highest BCUT2D eigenvalue weighted by atomic mass is 16.1. The lowest BCUT2D eigenvalue weighted by Crippen LogP contribution is -2.11. The zero-order valence-electron chi connectivity index (χ0n) is 10.5. The molecule has 0 aliphatic rings. The second kappa shape index (κ2) is 5.49. The number of hydrogen-bond acceptors (Lipinski definition) is 2. The summed E-state index contributed by atoms with van der Waals surface area (Å²) in [5.74, 6) is -0.434. The van der Waals surface area contributed by atoms with Crippen LogP contribution in [0.2, 0.25) is 0 Å². The van der Waals surface area contributed by atoms with Crippen molar-refractivity contribution in [3.8, 4) is 11.3 Å². The third kappa shape index (κ3) is 2.59. The lowest BCUT2D eigenvalue weighted by molar-refractivity contribution is 0.100. The number of rotatable bonds is 5. The number of carbonyl (C=O) groups is 1. The first kappa shape index (κ1) is 12.4. The van der Waals surface area contributed by atoms with Gasteiger partial charge in [0.05, 0.1) is 5.56 Å². The Bertz CT molecular complexity index is 531. The summed E-state index contributed by atoms with van der Waals surface area (Å²) in [6.07, 6.45) is 3.86. The van der Waals surface area contributed by atoms with Crippen LogP contribution < -0.4 is 5.73 Å². The fourth-order valence-corrected chi connectivity index (χ4v) is 1.85. The van der Waals surface area contributed by atoms with E-state index in [9.17, 15) is 4.79 Å². The number of aromatic nitrogens is 2. The van der Waals surface area contributed by atoms with Gasteiger partial charge in [-0.25, -0.2) is 0 Å². The van der Waals surface area contributed by atoms with Crippen LogP contribution in [0.15, 0.2) is 36.5 Å². The molecule has 2 aromatic rings. The van der Waals surface area contributed by atoms with E-state index in [0.717, 1.165) is 24.9 Å². The fraction of sp³-hybridized carbons (Fsp3) is 0.286. The van der Waals surface area contributed by atoms with Crippen molar-refractivity contribution in [3.63, 3.8) is 0 Å². The first-order valence-electron chi connectivity index (χ1n) is 6.15. The molecule has 0 unspecified atom stereocenters. The van der Waals surface area contributed by atoms with E-state index < -0.39 is 5.91 Å². The standard InChI is InChI=1S/C14H17N3O/c1-2-3-9-17-10-12(14(15)18)13(16-17)11-7-5-4-6-8-11/h4-8,10H,2-3,9H2,1H3,(H2,15,18). The molecule has 0 fully saturated rings. The van der Waals surface area contributed by atoms with Gasteiger partial charge < -0.3 is 5.73 Å². The van der Waals surface area contributed by atoms with Crippen LogP contribution in [-0.4, -0.2) is 15.7 Å². The van der Waals surface area contributed by atoms with Crippen molar-refractivity contribution in [3.05, 3.63) is 42.1 Å².